The van der Waals surface area contributed by atoms with Crippen LogP contribution >= 0.6 is 11.6 Å². The van der Waals surface area contributed by atoms with Crippen LogP contribution in [0.25, 0.3) is 0 Å². The Bertz CT molecular complexity index is 363. The molecule has 2 N–H and O–H groups in total. The zero-order chi connectivity index (χ0) is 10.7. The molecule has 0 spiro atoms. The molecule has 0 bridgehead atoms. The standard InChI is InChI=1S/C10H12ClNO2/c1-6-8(9(13)5-11)3-7(12)4-10(6)14-2/h3-4H,5,12H2,1-2H3. The summed E-state index contributed by atoms with van der Waals surface area (Å²) in [6.45, 7) is 1.80. The number of carbonyl (C=O) groups excluding carboxylic acids is 1. The molecule has 1 rings (SSSR count). The number of methoxy groups -OCH3 is 1. The summed E-state index contributed by atoms with van der Waals surface area (Å²) in [5, 5.41) is 0. The van der Waals surface area contributed by atoms with Crippen LogP contribution in [0.4, 0.5) is 5.69 Å². The number of ketones is 1. The predicted molar refractivity (Wildman–Crippen MR) is 57.2 cm³/mol. The first-order chi connectivity index (χ1) is 6.60. The molecule has 4 heteroatoms. The Kier molecular flexibility index (Phi) is 3.36. The summed E-state index contributed by atoms with van der Waals surface area (Å²) in [6.07, 6.45) is 0. The lowest BCUT2D eigenvalue weighted by atomic mass is 10.0. The van der Waals surface area contributed by atoms with Gasteiger partial charge in [0.05, 0.1) is 13.0 Å². The fraction of sp³-hybridized carbons (Fsp3) is 0.300. The molecule has 0 aliphatic carbocycles. The largest absolute Gasteiger partial charge is 0.496 e. The van der Waals surface area contributed by atoms with Crippen LogP contribution in [-0.4, -0.2) is 18.8 Å². The normalized spacial score (nSPS) is 9.93. The van der Waals surface area contributed by atoms with Crippen molar-refractivity contribution in [1.82, 2.24) is 0 Å². The van der Waals surface area contributed by atoms with Gasteiger partial charge in [-0.3, -0.25) is 4.79 Å². The average molecular weight is 214 g/mol. The number of benzene rings is 1. The first-order valence-corrected chi connectivity index (χ1v) is 4.67. The second kappa shape index (κ2) is 4.33. The van der Waals surface area contributed by atoms with Crippen molar-refractivity contribution in [2.45, 2.75) is 6.92 Å². The lowest BCUT2D eigenvalue weighted by molar-refractivity contribution is 0.102. The first kappa shape index (κ1) is 10.9. The molecule has 14 heavy (non-hydrogen) atoms. The van der Waals surface area contributed by atoms with Crippen LogP contribution in [-0.2, 0) is 0 Å². The molecule has 3 nitrogen and oxygen atoms in total. The number of hydrogen-bond acceptors (Lipinski definition) is 3. The zero-order valence-electron chi connectivity index (χ0n) is 8.13. The van der Waals surface area contributed by atoms with Crippen LogP contribution in [0.15, 0.2) is 12.1 Å². The Balaban J connectivity index is 3.29. The molecule has 0 saturated heterocycles. The maximum atomic E-state index is 11.4. The summed E-state index contributed by atoms with van der Waals surface area (Å²) in [4.78, 5) is 11.4. The average Bonchev–Trinajstić information content (AvgIpc) is 2.19. The minimum absolute atomic E-state index is 0.0482. The van der Waals surface area contributed by atoms with Gasteiger partial charge < -0.3 is 10.5 Å². The van der Waals surface area contributed by atoms with E-state index in [1.807, 2.05) is 0 Å². The Morgan fingerprint density at radius 2 is 2.21 bits per heavy atom. The van der Waals surface area contributed by atoms with E-state index >= 15 is 0 Å². The second-order valence-electron chi connectivity index (χ2n) is 2.95. The Morgan fingerprint density at radius 3 is 2.71 bits per heavy atom. The third-order valence-electron chi connectivity index (χ3n) is 2.02. The minimum Gasteiger partial charge on any atom is -0.496 e. The highest BCUT2D eigenvalue weighted by molar-refractivity contribution is 6.30. The molecular formula is C10H12ClNO2. The lowest BCUT2D eigenvalue weighted by Gasteiger charge is -2.09. The Morgan fingerprint density at radius 1 is 1.57 bits per heavy atom. The molecule has 1 aromatic rings. The molecule has 0 aliphatic rings. The molecule has 0 aromatic heterocycles. The molecule has 0 aliphatic heterocycles. The summed E-state index contributed by atoms with van der Waals surface area (Å²) in [5.74, 6) is 0.418. The third-order valence-corrected chi connectivity index (χ3v) is 2.27. The van der Waals surface area contributed by atoms with Crippen molar-refractivity contribution in [2.24, 2.45) is 0 Å². The van der Waals surface area contributed by atoms with Gasteiger partial charge in [-0.15, -0.1) is 11.6 Å². The van der Waals surface area contributed by atoms with E-state index in [4.69, 9.17) is 22.1 Å². The number of alkyl halides is 1. The van der Waals surface area contributed by atoms with Crippen LogP contribution in [0.2, 0.25) is 0 Å². The number of carbonyl (C=O) groups is 1. The van der Waals surface area contributed by atoms with Crippen molar-refractivity contribution >= 4 is 23.1 Å². The smallest absolute Gasteiger partial charge is 0.178 e. The SMILES string of the molecule is COc1cc(N)cc(C(=O)CCl)c1C. The van der Waals surface area contributed by atoms with Crippen LogP contribution in [0.3, 0.4) is 0 Å². The summed E-state index contributed by atoms with van der Waals surface area (Å²) in [6, 6.07) is 3.29. The van der Waals surface area contributed by atoms with E-state index < -0.39 is 0 Å². The fourth-order valence-corrected chi connectivity index (χ4v) is 1.43. The van der Waals surface area contributed by atoms with Crippen LogP contribution in [0.1, 0.15) is 15.9 Å². The second-order valence-corrected chi connectivity index (χ2v) is 3.22. The van der Waals surface area contributed by atoms with E-state index in [0.717, 1.165) is 5.56 Å². The summed E-state index contributed by atoms with van der Waals surface area (Å²) in [7, 11) is 1.54. The highest BCUT2D eigenvalue weighted by Gasteiger charge is 2.12. The number of nitrogen functional groups attached to an aromatic ring is 1. The molecule has 0 radical (unpaired) electrons. The van der Waals surface area contributed by atoms with Gasteiger partial charge in [0.2, 0.25) is 0 Å². The van der Waals surface area contributed by atoms with E-state index in [2.05, 4.69) is 0 Å². The number of halogens is 1. The van der Waals surface area contributed by atoms with Gasteiger partial charge in [-0.1, -0.05) is 0 Å². The molecule has 0 atom stereocenters. The zero-order valence-corrected chi connectivity index (χ0v) is 8.89. The van der Waals surface area contributed by atoms with Gasteiger partial charge in [0.15, 0.2) is 5.78 Å². The Labute approximate surface area is 87.8 Å². The number of nitrogens with two attached hydrogens (primary N) is 1. The van der Waals surface area contributed by atoms with Crippen molar-refractivity contribution in [3.63, 3.8) is 0 Å². The highest BCUT2D eigenvalue weighted by Crippen LogP contribution is 2.25. The number of hydrogen-bond donors (Lipinski definition) is 1. The van der Waals surface area contributed by atoms with E-state index in [0.29, 0.717) is 17.0 Å². The number of Topliss-reactive ketones (excluding diaryl/α,β-unsaturated/α-hetero) is 1. The number of anilines is 1. The molecular weight excluding hydrogens is 202 g/mol. The topological polar surface area (TPSA) is 52.3 Å². The number of ether oxygens (including phenoxy) is 1. The molecule has 1 aromatic carbocycles. The highest BCUT2D eigenvalue weighted by atomic mass is 35.5. The minimum atomic E-state index is -0.144. The quantitative estimate of drug-likeness (QED) is 0.475. The number of rotatable bonds is 3. The lowest BCUT2D eigenvalue weighted by Crippen LogP contribution is -2.05. The summed E-state index contributed by atoms with van der Waals surface area (Å²) < 4.78 is 5.09. The summed E-state index contributed by atoms with van der Waals surface area (Å²) in [5.41, 5.74) is 7.42. The molecule has 0 fully saturated rings. The molecule has 0 heterocycles. The predicted octanol–water partition coefficient (Wildman–Crippen LogP) is 2.01. The van der Waals surface area contributed by atoms with Gasteiger partial charge in [0.25, 0.3) is 0 Å². The van der Waals surface area contributed by atoms with Crippen molar-refractivity contribution in [1.29, 1.82) is 0 Å². The maximum Gasteiger partial charge on any atom is 0.178 e. The molecule has 0 unspecified atom stereocenters. The van der Waals surface area contributed by atoms with E-state index in [1.165, 1.54) is 7.11 Å². The summed E-state index contributed by atoms with van der Waals surface area (Å²) >= 11 is 5.48. The molecule has 0 amide bonds. The Hall–Kier alpha value is -1.22. The maximum absolute atomic E-state index is 11.4. The van der Waals surface area contributed by atoms with Gasteiger partial charge in [0.1, 0.15) is 5.75 Å². The van der Waals surface area contributed by atoms with E-state index in [-0.39, 0.29) is 11.7 Å². The van der Waals surface area contributed by atoms with E-state index in [1.54, 1.807) is 19.1 Å². The van der Waals surface area contributed by atoms with Crippen molar-refractivity contribution in [2.75, 3.05) is 18.7 Å². The van der Waals surface area contributed by atoms with Crippen LogP contribution in [0.5, 0.6) is 5.75 Å². The van der Waals surface area contributed by atoms with Crippen LogP contribution in [0, 0.1) is 6.92 Å². The van der Waals surface area contributed by atoms with Gasteiger partial charge >= 0.3 is 0 Å². The van der Waals surface area contributed by atoms with Gasteiger partial charge in [-0.05, 0) is 13.0 Å². The van der Waals surface area contributed by atoms with Crippen molar-refractivity contribution < 1.29 is 9.53 Å². The van der Waals surface area contributed by atoms with Gasteiger partial charge in [-0.2, -0.15) is 0 Å². The molecule has 0 saturated carbocycles. The van der Waals surface area contributed by atoms with Crippen molar-refractivity contribution in [3.05, 3.63) is 23.3 Å². The monoisotopic (exact) mass is 213 g/mol. The van der Waals surface area contributed by atoms with Crippen LogP contribution < -0.4 is 10.5 Å². The molecule has 76 valence electrons. The fourth-order valence-electron chi connectivity index (χ4n) is 1.28. The third kappa shape index (κ3) is 1.99. The van der Waals surface area contributed by atoms with Gasteiger partial charge in [-0.25, -0.2) is 0 Å². The first-order valence-electron chi connectivity index (χ1n) is 4.13. The van der Waals surface area contributed by atoms with Gasteiger partial charge in [0, 0.05) is 22.9 Å². The van der Waals surface area contributed by atoms with E-state index in [9.17, 15) is 4.79 Å². The van der Waals surface area contributed by atoms with Crippen molar-refractivity contribution in [3.8, 4) is 5.75 Å².